The molecule has 1 aliphatic carbocycles. The third-order valence-electron chi connectivity index (χ3n) is 1.97. The zero-order valence-corrected chi connectivity index (χ0v) is 5.88. The third kappa shape index (κ3) is 0.948. The Morgan fingerprint density at radius 2 is 2.60 bits per heavy atom. The van der Waals surface area contributed by atoms with Gasteiger partial charge in [0.1, 0.15) is 0 Å². The maximum atomic E-state index is 4.42. The highest BCUT2D eigenvalue weighted by Gasteiger charge is 2.17. The van der Waals surface area contributed by atoms with Crippen molar-refractivity contribution in [3.63, 3.8) is 0 Å². The van der Waals surface area contributed by atoms with Crippen LogP contribution in [-0.4, -0.2) is 12.7 Å². The first-order valence-corrected chi connectivity index (χ1v) is 3.73. The van der Waals surface area contributed by atoms with E-state index in [1.54, 1.807) is 0 Å². The molecule has 1 atom stereocenters. The minimum Gasteiger partial charge on any atom is -0.377 e. The summed E-state index contributed by atoms with van der Waals surface area (Å²) in [5, 5.41) is 7.52. The molecule has 0 amide bonds. The van der Waals surface area contributed by atoms with Gasteiger partial charge >= 0.3 is 0 Å². The third-order valence-corrected chi connectivity index (χ3v) is 1.97. The summed E-state index contributed by atoms with van der Waals surface area (Å²) in [4.78, 5) is 0. The molecule has 0 saturated heterocycles. The molecular weight excluding hydrogens is 124 g/mol. The van der Waals surface area contributed by atoms with Crippen LogP contribution in [0, 0.1) is 0 Å². The second kappa shape index (κ2) is 2.46. The normalized spacial score (nSPS) is 30.4. The van der Waals surface area contributed by atoms with Crippen molar-refractivity contribution in [2.45, 2.75) is 18.9 Å². The Hall–Kier alpha value is -0.760. The van der Waals surface area contributed by atoms with E-state index in [2.05, 4.69) is 29.0 Å². The Labute approximate surface area is 61.0 Å². The highest BCUT2D eigenvalue weighted by Crippen LogP contribution is 2.18. The van der Waals surface area contributed by atoms with Crippen molar-refractivity contribution < 1.29 is 0 Å². The van der Waals surface area contributed by atoms with Crippen molar-refractivity contribution in [3.05, 3.63) is 23.9 Å². The summed E-state index contributed by atoms with van der Waals surface area (Å²) in [6, 6.07) is 0.492. The number of rotatable bonds is 0. The second-order valence-corrected chi connectivity index (χ2v) is 2.68. The highest BCUT2D eigenvalue weighted by atomic mass is 15.1. The number of hydrogen-bond acceptors (Lipinski definition) is 1. The van der Waals surface area contributed by atoms with Crippen LogP contribution >= 0.6 is 0 Å². The average Bonchev–Trinajstić information content (AvgIpc) is 2.05. The molecule has 1 radical (unpaired) electrons. The van der Waals surface area contributed by atoms with Crippen molar-refractivity contribution in [1.82, 2.24) is 10.6 Å². The van der Waals surface area contributed by atoms with E-state index in [1.807, 2.05) is 0 Å². The maximum Gasteiger partial charge on any atom is 0.0817 e. The first kappa shape index (κ1) is 5.98. The quantitative estimate of drug-likeness (QED) is 0.521. The van der Waals surface area contributed by atoms with Gasteiger partial charge in [-0.3, -0.25) is 0 Å². The summed E-state index contributed by atoms with van der Waals surface area (Å²) < 4.78 is 0. The van der Waals surface area contributed by atoms with Gasteiger partial charge in [0.15, 0.2) is 0 Å². The number of nitrogens with zero attached hydrogens (tertiary/aromatic N) is 1. The van der Waals surface area contributed by atoms with E-state index in [0.29, 0.717) is 6.04 Å². The maximum absolute atomic E-state index is 4.42. The first-order valence-electron chi connectivity index (χ1n) is 3.73. The van der Waals surface area contributed by atoms with E-state index in [1.165, 1.54) is 18.4 Å². The van der Waals surface area contributed by atoms with E-state index in [4.69, 9.17) is 0 Å². The van der Waals surface area contributed by atoms with Gasteiger partial charge < -0.3 is 5.32 Å². The van der Waals surface area contributed by atoms with Crippen LogP contribution < -0.4 is 10.6 Å². The summed E-state index contributed by atoms with van der Waals surface area (Å²) in [7, 11) is 0. The Balaban J connectivity index is 2.21. The molecule has 2 nitrogen and oxygen atoms in total. The molecule has 0 aromatic heterocycles. The molecule has 2 rings (SSSR count). The number of fused-ring (bicyclic) bond motifs is 1. The summed E-state index contributed by atoms with van der Waals surface area (Å²) in [5.74, 6) is 0. The number of allylic oxidation sites excluding steroid dienone is 1. The monoisotopic (exact) mass is 135 g/mol. The van der Waals surface area contributed by atoms with E-state index in [0.717, 1.165) is 6.67 Å². The predicted octanol–water partition coefficient (Wildman–Crippen LogP) is 0.754. The van der Waals surface area contributed by atoms with Crippen LogP contribution in [0.3, 0.4) is 0 Å². The molecule has 10 heavy (non-hydrogen) atoms. The molecule has 1 N–H and O–H groups in total. The van der Waals surface area contributed by atoms with Crippen LogP contribution in [0.15, 0.2) is 23.9 Å². The fourth-order valence-corrected chi connectivity index (χ4v) is 1.42. The molecule has 0 bridgehead atoms. The summed E-state index contributed by atoms with van der Waals surface area (Å²) in [6.45, 7) is 0.794. The molecule has 0 aromatic rings. The van der Waals surface area contributed by atoms with Crippen LogP contribution in [0.5, 0.6) is 0 Å². The van der Waals surface area contributed by atoms with Crippen molar-refractivity contribution in [1.29, 1.82) is 0 Å². The molecule has 0 fully saturated rings. The van der Waals surface area contributed by atoms with Crippen molar-refractivity contribution in [2.75, 3.05) is 6.67 Å². The van der Waals surface area contributed by atoms with E-state index in [9.17, 15) is 0 Å². The SMILES string of the molecule is C1=CC2=CNC[N]C2CC1. The Morgan fingerprint density at radius 3 is 3.50 bits per heavy atom. The molecule has 1 aliphatic heterocycles. The molecule has 1 heterocycles. The lowest BCUT2D eigenvalue weighted by atomic mass is 9.96. The zero-order valence-electron chi connectivity index (χ0n) is 5.88. The Bertz CT molecular complexity index is 182. The topological polar surface area (TPSA) is 26.1 Å². The fraction of sp³-hybridized carbons (Fsp3) is 0.500. The molecular formula is C8H11N2. The van der Waals surface area contributed by atoms with Gasteiger partial charge in [-0.1, -0.05) is 12.2 Å². The molecule has 0 spiro atoms. The van der Waals surface area contributed by atoms with E-state index < -0.39 is 0 Å². The summed E-state index contributed by atoms with van der Waals surface area (Å²) >= 11 is 0. The molecule has 2 heteroatoms. The highest BCUT2D eigenvalue weighted by molar-refractivity contribution is 5.28. The molecule has 2 aliphatic rings. The summed E-state index contributed by atoms with van der Waals surface area (Å²) in [6.07, 6.45) is 8.84. The van der Waals surface area contributed by atoms with Crippen LogP contribution in [-0.2, 0) is 0 Å². The lowest BCUT2D eigenvalue weighted by Crippen LogP contribution is -2.36. The molecule has 0 aromatic carbocycles. The van der Waals surface area contributed by atoms with Crippen molar-refractivity contribution in [3.8, 4) is 0 Å². The van der Waals surface area contributed by atoms with Gasteiger partial charge in [-0.2, -0.15) is 0 Å². The van der Waals surface area contributed by atoms with Crippen LogP contribution in [0.1, 0.15) is 12.8 Å². The fourth-order valence-electron chi connectivity index (χ4n) is 1.42. The minimum absolute atomic E-state index is 0.492. The van der Waals surface area contributed by atoms with E-state index >= 15 is 0 Å². The smallest absolute Gasteiger partial charge is 0.0817 e. The van der Waals surface area contributed by atoms with Gasteiger partial charge in [-0.25, -0.2) is 5.32 Å². The minimum atomic E-state index is 0.492. The van der Waals surface area contributed by atoms with Crippen molar-refractivity contribution >= 4 is 0 Å². The van der Waals surface area contributed by atoms with Crippen LogP contribution in [0.25, 0.3) is 0 Å². The predicted molar refractivity (Wildman–Crippen MR) is 40.4 cm³/mol. The molecule has 1 unspecified atom stereocenters. The number of hydrogen-bond donors (Lipinski definition) is 1. The molecule has 53 valence electrons. The Morgan fingerprint density at radius 1 is 1.60 bits per heavy atom. The average molecular weight is 135 g/mol. The standard InChI is InChI=1S/C8H11N2/c1-2-4-8-7(3-1)5-9-6-10-8/h1,3,5,8-9H,2,4,6H2. The lowest BCUT2D eigenvalue weighted by molar-refractivity contribution is 0.485. The second-order valence-electron chi connectivity index (χ2n) is 2.68. The van der Waals surface area contributed by atoms with Gasteiger partial charge in [-0.15, -0.1) is 0 Å². The van der Waals surface area contributed by atoms with Gasteiger partial charge in [0.25, 0.3) is 0 Å². The van der Waals surface area contributed by atoms with Crippen molar-refractivity contribution in [2.24, 2.45) is 0 Å². The Kier molecular flexibility index (Phi) is 1.47. The van der Waals surface area contributed by atoms with Gasteiger partial charge in [-0.05, 0) is 18.4 Å². The summed E-state index contributed by atoms with van der Waals surface area (Å²) in [5.41, 5.74) is 1.34. The van der Waals surface area contributed by atoms with Crippen LogP contribution in [0.4, 0.5) is 0 Å². The van der Waals surface area contributed by atoms with Crippen LogP contribution in [0.2, 0.25) is 0 Å². The van der Waals surface area contributed by atoms with Gasteiger partial charge in [0, 0.05) is 6.20 Å². The first-order chi connectivity index (χ1) is 4.97. The lowest BCUT2D eigenvalue weighted by Gasteiger charge is -2.24. The zero-order chi connectivity index (χ0) is 6.81. The van der Waals surface area contributed by atoms with E-state index in [-0.39, 0.29) is 0 Å². The van der Waals surface area contributed by atoms with Gasteiger partial charge in [0.05, 0.1) is 12.7 Å². The largest absolute Gasteiger partial charge is 0.377 e. The number of nitrogens with one attached hydrogen (secondary N) is 1. The van der Waals surface area contributed by atoms with Gasteiger partial charge in [0.2, 0.25) is 0 Å². The molecule has 0 saturated carbocycles.